The number of ether oxygens (including phenoxy) is 2. The number of ketones is 1. The minimum Gasteiger partial charge on any atom is -0.493 e. The predicted octanol–water partition coefficient (Wildman–Crippen LogP) is 5.64. The van der Waals surface area contributed by atoms with Gasteiger partial charge in [-0.25, -0.2) is 0 Å². The van der Waals surface area contributed by atoms with Gasteiger partial charge in [0.05, 0.1) is 14.2 Å². The molecule has 1 saturated carbocycles. The minimum atomic E-state index is 0.0396. The predicted molar refractivity (Wildman–Crippen MR) is 156 cm³/mol. The number of aryl methyl sites for hydroxylation is 1. The first-order valence-electron chi connectivity index (χ1n) is 14.7. The van der Waals surface area contributed by atoms with E-state index in [2.05, 4.69) is 22.3 Å². The Morgan fingerprint density at radius 1 is 0.923 bits per heavy atom. The summed E-state index contributed by atoms with van der Waals surface area (Å²) in [6.07, 6.45) is 9.02. The quantitative estimate of drug-likeness (QED) is 0.378. The summed E-state index contributed by atoms with van der Waals surface area (Å²) in [5.74, 6) is 2.56. The number of Topliss-reactive ketones (excluding diaryl/α,β-unsaturated/α-hetero) is 1. The molecule has 6 nitrogen and oxygen atoms in total. The van der Waals surface area contributed by atoms with Gasteiger partial charge in [-0.05, 0) is 98.7 Å². The van der Waals surface area contributed by atoms with Crippen LogP contribution in [0.15, 0.2) is 36.4 Å². The zero-order valence-electron chi connectivity index (χ0n) is 24.3. The SMILES string of the molecule is COc1ccc(CCC(=O)N[C@H]2CC[C@H](CCN3CCc4ccc(C(=O)C(C)C)cc4CC3)CC2)cc1OC. The first kappa shape index (κ1) is 29.1. The van der Waals surface area contributed by atoms with E-state index < -0.39 is 0 Å². The number of nitrogens with one attached hydrogen (secondary N) is 1. The third-order valence-electron chi connectivity index (χ3n) is 8.56. The normalized spacial score (nSPS) is 19.7. The molecule has 0 aromatic heterocycles. The van der Waals surface area contributed by atoms with Gasteiger partial charge in [-0.3, -0.25) is 9.59 Å². The lowest BCUT2D eigenvalue weighted by molar-refractivity contribution is -0.122. The Labute approximate surface area is 234 Å². The van der Waals surface area contributed by atoms with E-state index in [1.165, 1.54) is 30.4 Å². The number of benzene rings is 2. The van der Waals surface area contributed by atoms with Crippen molar-refractivity contribution in [1.29, 1.82) is 0 Å². The lowest BCUT2D eigenvalue weighted by Crippen LogP contribution is -2.38. The van der Waals surface area contributed by atoms with Crippen molar-refractivity contribution in [1.82, 2.24) is 10.2 Å². The molecular formula is C33H46N2O4. The maximum absolute atomic E-state index is 12.6. The van der Waals surface area contributed by atoms with Crippen molar-refractivity contribution in [3.8, 4) is 11.5 Å². The molecule has 39 heavy (non-hydrogen) atoms. The fraction of sp³-hybridized carbons (Fsp3) is 0.576. The molecule has 0 unspecified atom stereocenters. The van der Waals surface area contributed by atoms with E-state index >= 15 is 0 Å². The number of carbonyl (C=O) groups excluding carboxylic acids is 2. The second-order valence-electron chi connectivity index (χ2n) is 11.6. The van der Waals surface area contributed by atoms with Gasteiger partial charge >= 0.3 is 0 Å². The smallest absolute Gasteiger partial charge is 0.220 e. The Bertz CT molecular complexity index is 1120. The summed E-state index contributed by atoms with van der Waals surface area (Å²) in [4.78, 5) is 27.6. The second-order valence-corrected chi connectivity index (χ2v) is 11.6. The number of amides is 1. The number of rotatable bonds is 11. The number of fused-ring (bicyclic) bond motifs is 1. The van der Waals surface area contributed by atoms with Gasteiger partial charge in [0.1, 0.15) is 0 Å². The van der Waals surface area contributed by atoms with Crippen LogP contribution in [0.3, 0.4) is 0 Å². The topological polar surface area (TPSA) is 67.9 Å². The number of methoxy groups -OCH3 is 2. The first-order valence-corrected chi connectivity index (χ1v) is 14.7. The molecule has 1 heterocycles. The van der Waals surface area contributed by atoms with Gasteiger partial charge in [-0.2, -0.15) is 0 Å². The molecule has 0 atom stereocenters. The van der Waals surface area contributed by atoms with Crippen molar-refractivity contribution in [3.63, 3.8) is 0 Å². The Hall–Kier alpha value is -2.86. The van der Waals surface area contributed by atoms with Gasteiger partial charge < -0.3 is 19.7 Å². The zero-order valence-corrected chi connectivity index (χ0v) is 24.3. The van der Waals surface area contributed by atoms with Gasteiger partial charge in [0.15, 0.2) is 17.3 Å². The fourth-order valence-corrected chi connectivity index (χ4v) is 6.04. The van der Waals surface area contributed by atoms with Crippen LogP contribution in [0.4, 0.5) is 0 Å². The number of nitrogens with zero attached hydrogens (tertiary/aromatic N) is 1. The minimum absolute atomic E-state index is 0.0396. The lowest BCUT2D eigenvalue weighted by Gasteiger charge is -2.30. The molecule has 2 aromatic rings. The van der Waals surface area contributed by atoms with Crippen LogP contribution in [0.5, 0.6) is 11.5 Å². The van der Waals surface area contributed by atoms with Gasteiger partial charge in [0, 0.05) is 37.0 Å². The summed E-state index contributed by atoms with van der Waals surface area (Å²) in [7, 11) is 3.26. The van der Waals surface area contributed by atoms with Crippen LogP contribution < -0.4 is 14.8 Å². The molecule has 0 saturated heterocycles. The highest BCUT2D eigenvalue weighted by Crippen LogP contribution is 2.29. The van der Waals surface area contributed by atoms with Crippen molar-refractivity contribution < 1.29 is 19.1 Å². The summed E-state index contributed by atoms with van der Waals surface area (Å²) >= 11 is 0. The van der Waals surface area contributed by atoms with E-state index in [-0.39, 0.29) is 17.6 Å². The molecule has 1 amide bonds. The molecule has 1 aliphatic heterocycles. The van der Waals surface area contributed by atoms with Crippen molar-refractivity contribution in [3.05, 3.63) is 58.7 Å². The van der Waals surface area contributed by atoms with E-state index in [1.54, 1.807) is 14.2 Å². The maximum Gasteiger partial charge on any atom is 0.220 e. The summed E-state index contributed by atoms with van der Waals surface area (Å²) in [5, 5.41) is 3.27. The van der Waals surface area contributed by atoms with Gasteiger partial charge in [-0.15, -0.1) is 0 Å². The standard InChI is InChI=1S/C33H46N2O4/c1-23(2)33(37)28-10-9-26-16-19-35(20-17-27(26)22-28)18-15-24-5-11-29(12-6-24)34-32(36)14-8-25-7-13-30(38-3)31(21-25)39-4/h7,9-10,13,21-24,29H,5-6,8,11-12,14-20H2,1-4H3,(H,34,36)/t24-,29-. The van der Waals surface area contributed by atoms with Crippen molar-refractivity contribution in [2.24, 2.45) is 11.8 Å². The summed E-state index contributed by atoms with van der Waals surface area (Å²) < 4.78 is 10.7. The van der Waals surface area contributed by atoms with Crippen LogP contribution in [0, 0.1) is 11.8 Å². The van der Waals surface area contributed by atoms with Crippen LogP contribution in [0.2, 0.25) is 0 Å². The van der Waals surface area contributed by atoms with Crippen LogP contribution in [-0.4, -0.2) is 56.5 Å². The van der Waals surface area contributed by atoms with E-state index in [0.717, 1.165) is 62.4 Å². The largest absolute Gasteiger partial charge is 0.493 e. The third-order valence-corrected chi connectivity index (χ3v) is 8.56. The molecule has 1 N–H and O–H groups in total. The molecule has 2 aliphatic rings. The van der Waals surface area contributed by atoms with E-state index in [0.29, 0.717) is 30.4 Å². The Morgan fingerprint density at radius 3 is 2.33 bits per heavy atom. The average molecular weight is 535 g/mol. The number of carbonyl (C=O) groups is 2. The van der Waals surface area contributed by atoms with E-state index in [9.17, 15) is 9.59 Å². The highest BCUT2D eigenvalue weighted by Gasteiger charge is 2.24. The van der Waals surface area contributed by atoms with Gasteiger partial charge in [-0.1, -0.05) is 32.0 Å². The summed E-state index contributed by atoms with van der Waals surface area (Å²) in [6.45, 7) is 7.24. The molecule has 0 spiro atoms. The van der Waals surface area contributed by atoms with Gasteiger partial charge in [0.2, 0.25) is 5.91 Å². The Balaban J connectivity index is 1.15. The Kier molecular flexibility index (Phi) is 10.4. The average Bonchev–Trinajstić information content (AvgIpc) is 3.16. The molecule has 1 aliphatic carbocycles. The lowest BCUT2D eigenvalue weighted by atomic mass is 9.84. The highest BCUT2D eigenvalue weighted by atomic mass is 16.5. The summed E-state index contributed by atoms with van der Waals surface area (Å²) in [6, 6.07) is 12.5. The highest BCUT2D eigenvalue weighted by molar-refractivity contribution is 5.97. The van der Waals surface area contributed by atoms with Crippen molar-refractivity contribution in [2.75, 3.05) is 33.9 Å². The molecular weight excluding hydrogens is 488 g/mol. The Morgan fingerprint density at radius 2 is 1.64 bits per heavy atom. The molecule has 2 aromatic carbocycles. The molecule has 0 bridgehead atoms. The first-order chi connectivity index (χ1) is 18.9. The van der Waals surface area contributed by atoms with E-state index in [4.69, 9.17) is 9.47 Å². The second kappa shape index (κ2) is 14.0. The third kappa shape index (κ3) is 8.07. The van der Waals surface area contributed by atoms with Crippen molar-refractivity contribution >= 4 is 11.7 Å². The fourth-order valence-electron chi connectivity index (χ4n) is 6.04. The molecule has 212 valence electrons. The van der Waals surface area contributed by atoms with Crippen LogP contribution in [0.25, 0.3) is 0 Å². The maximum atomic E-state index is 12.6. The van der Waals surface area contributed by atoms with Gasteiger partial charge in [0.25, 0.3) is 0 Å². The zero-order chi connectivity index (χ0) is 27.8. The van der Waals surface area contributed by atoms with Crippen molar-refractivity contribution in [2.45, 2.75) is 77.7 Å². The molecule has 4 rings (SSSR count). The molecule has 6 heteroatoms. The van der Waals surface area contributed by atoms with Crippen LogP contribution in [-0.2, 0) is 24.1 Å². The van der Waals surface area contributed by atoms with Crippen LogP contribution >= 0.6 is 0 Å². The van der Waals surface area contributed by atoms with E-state index in [1.807, 2.05) is 38.1 Å². The number of hydrogen-bond donors (Lipinski definition) is 1. The molecule has 1 fully saturated rings. The number of hydrogen-bond acceptors (Lipinski definition) is 5. The van der Waals surface area contributed by atoms with Crippen LogP contribution in [0.1, 0.15) is 79.4 Å². The summed E-state index contributed by atoms with van der Waals surface area (Å²) in [5.41, 5.74) is 4.70. The monoisotopic (exact) mass is 534 g/mol. The molecule has 0 radical (unpaired) electrons.